The molecular weight excluding hydrogens is 354 g/mol. The van der Waals surface area contributed by atoms with Gasteiger partial charge in [-0.2, -0.15) is 0 Å². The van der Waals surface area contributed by atoms with Gasteiger partial charge in [0.05, 0.1) is 5.69 Å². The molecule has 2 rings (SSSR count). The molecule has 7 heteroatoms. The predicted octanol–water partition coefficient (Wildman–Crippen LogP) is 2.23. The van der Waals surface area contributed by atoms with Gasteiger partial charge in [-0.3, -0.25) is 4.72 Å². The standard InChI is InChI=1S/C14H22BrN3O2S/c1-3-17-6-8-18(9-7-17)13-4-5-14(12(2)10-13)16-21(19,20)11-15/h4-5,10,16H,3,6-9,11H2,1-2H3. The molecule has 0 bridgehead atoms. The second kappa shape index (κ2) is 6.98. The summed E-state index contributed by atoms with van der Waals surface area (Å²) >= 11 is 2.98. The van der Waals surface area contributed by atoms with E-state index in [0.29, 0.717) is 5.69 Å². The summed E-state index contributed by atoms with van der Waals surface area (Å²) in [6, 6.07) is 5.88. The van der Waals surface area contributed by atoms with Crippen molar-refractivity contribution in [2.75, 3.05) is 47.0 Å². The van der Waals surface area contributed by atoms with Gasteiger partial charge in [0.15, 0.2) is 0 Å². The number of halogens is 1. The quantitative estimate of drug-likeness (QED) is 0.801. The van der Waals surface area contributed by atoms with Crippen LogP contribution in [0.1, 0.15) is 12.5 Å². The van der Waals surface area contributed by atoms with E-state index in [0.717, 1.165) is 44.0 Å². The smallest absolute Gasteiger partial charge is 0.242 e. The summed E-state index contributed by atoms with van der Waals surface area (Å²) in [5.41, 5.74) is 2.74. The van der Waals surface area contributed by atoms with Crippen LogP contribution in [0.3, 0.4) is 0 Å². The minimum absolute atomic E-state index is 0.0971. The minimum atomic E-state index is -3.30. The topological polar surface area (TPSA) is 52.6 Å². The normalized spacial score (nSPS) is 17.0. The average Bonchev–Trinajstić information content (AvgIpc) is 2.49. The van der Waals surface area contributed by atoms with Crippen LogP contribution in [-0.4, -0.2) is 50.7 Å². The van der Waals surface area contributed by atoms with Crippen LogP contribution >= 0.6 is 15.9 Å². The Balaban J connectivity index is 2.09. The highest BCUT2D eigenvalue weighted by Crippen LogP contribution is 2.24. The summed E-state index contributed by atoms with van der Waals surface area (Å²) in [4.78, 5) is 4.78. The Morgan fingerprint density at radius 1 is 1.24 bits per heavy atom. The third-order valence-electron chi connectivity index (χ3n) is 3.80. The van der Waals surface area contributed by atoms with E-state index in [-0.39, 0.29) is 4.66 Å². The molecule has 118 valence electrons. The zero-order chi connectivity index (χ0) is 15.5. The number of likely N-dealkylation sites (N-methyl/N-ethyl adjacent to an activating group) is 1. The lowest BCUT2D eigenvalue weighted by Gasteiger charge is -2.35. The van der Waals surface area contributed by atoms with Gasteiger partial charge < -0.3 is 9.80 Å². The highest BCUT2D eigenvalue weighted by atomic mass is 79.9. The fraction of sp³-hybridized carbons (Fsp3) is 0.571. The largest absolute Gasteiger partial charge is 0.369 e. The maximum absolute atomic E-state index is 11.6. The van der Waals surface area contributed by atoms with Crippen molar-refractivity contribution >= 4 is 37.3 Å². The van der Waals surface area contributed by atoms with Crippen molar-refractivity contribution in [3.8, 4) is 0 Å². The lowest BCUT2D eigenvalue weighted by Crippen LogP contribution is -2.46. The highest BCUT2D eigenvalue weighted by Gasteiger charge is 2.17. The van der Waals surface area contributed by atoms with E-state index in [2.05, 4.69) is 37.4 Å². The molecule has 0 unspecified atom stereocenters. The van der Waals surface area contributed by atoms with E-state index >= 15 is 0 Å². The molecule has 1 saturated heterocycles. The summed E-state index contributed by atoms with van der Waals surface area (Å²) in [5, 5.41) is 0. The molecule has 0 spiro atoms. The SMILES string of the molecule is CCN1CCN(c2ccc(NS(=O)(=O)CBr)c(C)c2)CC1. The highest BCUT2D eigenvalue weighted by molar-refractivity contribution is 9.10. The van der Waals surface area contributed by atoms with Crippen LogP contribution in [0.4, 0.5) is 11.4 Å². The first-order valence-electron chi connectivity index (χ1n) is 7.09. The van der Waals surface area contributed by atoms with Crippen molar-refractivity contribution in [2.45, 2.75) is 13.8 Å². The lowest BCUT2D eigenvalue weighted by molar-refractivity contribution is 0.271. The van der Waals surface area contributed by atoms with E-state index in [9.17, 15) is 8.42 Å². The molecule has 0 aliphatic carbocycles. The van der Waals surface area contributed by atoms with Crippen molar-refractivity contribution in [1.29, 1.82) is 0 Å². The second-order valence-electron chi connectivity index (χ2n) is 5.25. The van der Waals surface area contributed by atoms with Crippen LogP contribution < -0.4 is 9.62 Å². The van der Waals surface area contributed by atoms with Crippen LogP contribution in [0.25, 0.3) is 0 Å². The first-order chi connectivity index (χ1) is 9.95. The summed E-state index contributed by atoms with van der Waals surface area (Å²) in [6.07, 6.45) is 0. The third-order valence-corrected chi connectivity index (χ3v) is 6.43. The van der Waals surface area contributed by atoms with Crippen LogP contribution in [0, 0.1) is 6.92 Å². The Labute approximate surface area is 135 Å². The molecule has 1 N–H and O–H groups in total. The fourth-order valence-corrected chi connectivity index (χ4v) is 3.44. The van der Waals surface area contributed by atoms with Gasteiger partial charge in [-0.25, -0.2) is 8.42 Å². The van der Waals surface area contributed by atoms with Gasteiger partial charge in [0.1, 0.15) is 4.66 Å². The van der Waals surface area contributed by atoms with Crippen molar-refractivity contribution in [1.82, 2.24) is 4.90 Å². The minimum Gasteiger partial charge on any atom is -0.369 e. The Hall–Kier alpha value is -0.790. The van der Waals surface area contributed by atoms with E-state index in [1.165, 1.54) is 0 Å². The number of anilines is 2. The molecule has 5 nitrogen and oxygen atoms in total. The molecule has 1 aromatic rings. The molecule has 1 aromatic carbocycles. The van der Waals surface area contributed by atoms with E-state index in [4.69, 9.17) is 0 Å². The first-order valence-corrected chi connectivity index (χ1v) is 9.87. The Bertz CT molecular complexity index is 584. The number of nitrogens with one attached hydrogen (secondary N) is 1. The summed E-state index contributed by atoms with van der Waals surface area (Å²) in [6.45, 7) is 9.39. The molecule has 0 aromatic heterocycles. The van der Waals surface area contributed by atoms with Gasteiger partial charge in [-0.05, 0) is 37.2 Å². The molecule has 21 heavy (non-hydrogen) atoms. The second-order valence-corrected chi connectivity index (χ2v) is 8.27. The Kier molecular flexibility index (Phi) is 5.51. The number of sulfonamides is 1. The molecular formula is C14H22BrN3O2S. The van der Waals surface area contributed by atoms with E-state index in [1.807, 2.05) is 25.1 Å². The molecule has 1 aliphatic heterocycles. The fourth-order valence-electron chi connectivity index (χ4n) is 2.48. The monoisotopic (exact) mass is 375 g/mol. The molecule has 1 fully saturated rings. The third kappa shape index (κ3) is 4.34. The number of piperazine rings is 1. The maximum Gasteiger partial charge on any atom is 0.242 e. The number of hydrogen-bond acceptors (Lipinski definition) is 4. The number of aryl methyl sites for hydroxylation is 1. The lowest BCUT2D eigenvalue weighted by atomic mass is 10.1. The molecule has 0 saturated carbocycles. The number of hydrogen-bond donors (Lipinski definition) is 1. The summed E-state index contributed by atoms with van der Waals surface area (Å²) in [7, 11) is -3.30. The van der Waals surface area contributed by atoms with Gasteiger partial charge in [-0.15, -0.1) is 0 Å². The zero-order valence-corrected chi connectivity index (χ0v) is 14.9. The van der Waals surface area contributed by atoms with Gasteiger partial charge in [0, 0.05) is 31.9 Å². The molecule has 1 aliphatic rings. The molecule has 1 heterocycles. The number of benzene rings is 1. The number of nitrogens with zero attached hydrogens (tertiary/aromatic N) is 2. The Morgan fingerprint density at radius 2 is 1.90 bits per heavy atom. The predicted molar refractivity (Wildman–Crippen MR) is 91.8 cm³/mol. The van der Waals surface area contributed by atoms with Crippen molar-refractivity contribution in [3.05, 3.63) is 23.8 Å². The van der Waals surface area contributed by atoms with Gasteiger partial charge in [-0.1, -0.05) is 22.9 Å². The van der Waals surface area contributed by atoms with Crippen LogP contribution in [0.15, 0.2) is 18.2 Å². The Morgan fingerprint density at radius 3 is 2.43 bits per heavy atom. The number of alkyl halides is 1. The first kappa shape index (κ1) is 16.6. The van der Waals surface area contributed by atoms with Gasteiger partial charge in [0.2, 0.25) is 10.0 Å². The van der Waals surface area contributed by atoms with Crippen LogP contribution in [0.5, 0.6) is 0 Å². The van der Waals surface area contributed by atoms with Gasteiger partial charge in [0.25, 0.3) is 0 Å². The van der Waals surface area contributed by atoms with E-state index in [1.54, 1.807) is 0 Å². The molecule has 0 amide bonds. The van der Waals surface area contributed by atoms with Crippen molar-refractivity contribution in [2.24, 2.45) is 0 Å². The van der Waals surface area contributed by atoms with Crippen LogP contribution in [0.2, 0.25) is 0 Å². The van der Waals surface area contributed by atoms with Crippen molar-refractivity contribution in [3.63, 3.8) is 0 Å². The van der Waals surface area contributed by atoms with Crippen molar-refractivity contribution < 1.29 is 8.42 Å². The zero-order valence-electron chi connectivity index (χ0n) is 12.5. The van der Waals surface area contributed by atoms with Crippen LogP contribution in [-0.2, 0) is 10.0 Å². The number of rotatable bonds is 5. The summed E-state index contributed by atoms with van der Waals surface area (Å²) in [5.74, 6) is 0. The summed E-state index contributed by atoms with van der Waals surface area (Å²) < 4.78 is 25.7. The van der Waals surface area contributed by atoms with Gasteiger partial charge >= 0.3 is 0 Å². The maximum atomic E-state index is 11.6. The molecule has 0 radical (unpaired) electrons. The van der Waals surface area contributed by atoms with E-state index < -0.39 is 10.0 Å². The average molecular weight is 376 g/mol. The molecule has 0 atom stereocenters.